The molecule has 2 unspecified atom stereocenters. The number of hydrogen-bond donors (Lipinski definition) is 1. The molecule has 1 aliphatic rings. The molecule has 0 aliphatic heterocycles. The highest BCUT2D eigenvalue weighted by atomic mass is 16.5. The second-order valence-corrected chi connectivity index (χ2v) is 5.30. The van der Waals surface area contributed by atoms with Crippen LogP contribution in [0.4, 0.5) is 5.82 Å². The van der Waals surface area contributed by atoms with Crippen molar-refractivity contribution in [3.8, 4) is 0 Å². The maximum absolute atomic E-state index is 11.4. The lowest BCUT2D eigenvalue weighted by Crippen LogP contribution is -2.21. The number of carbonyl (C=O) groups is 1. The van der Waals surface area contributed by atoms with Gasteiger partial charge in [0.15, 0.2) is 5.69 Å². The number of nitrogens with zero attached hydrogens (tertiary/aromatic N) is 2. The summed E-state index contributed by atoms with van der Waals surface area (Å²) < 4.78 is 4.63. The van der Waals surface area contributed by atoms with Gasteiger partial charge in [0, 0.05) is 6.54 Å². The Hall–Kier alpha value is -1.65. The smallest absolute Gasteiger partial charge is 0.358 e. The predicted octanol–water partition coefficient (Wildman–Crippen LogP) is 2.50. The first-order chi connectivity index (χ1) is 9.19. The fraction of sp³-hybridized carbons (Fsp3) is 0.643. The van der Waals surface area contributed by atoms with Gasteiger partial charge in [0.25, 0.3) is 0 Å². The maximum atomic E-state index is 11.4. The third-order valence-corrected chi connectivity index (χ3v) is 3.65. The number of methoxy groups -OCH3 is 1. The van der Waals surface area contributed by atoms with E-state index >= 15 is 0 Å². The van der Waals surface area contributed by atoms with Gasteiger partial charge in [0.05, 0.1) is 19.5 Å². The predicted molar refractivity (Wildman–Crippen MR) is 73.0 cm³/mol. The van der Waals surface area contributed by atoms with Crippen LogP contribution in [0.25, 0.3) is 0 Å². The van der Waals surface area contributed by atoms with Gasteiger partial charge in [-0.3, -0.25) is 4.98 Å². The summed E-state index contributed by atoms with van der Waals surface area (Å²) in [6.45, 7) is 3.20. The summed E-state index contributed by atoms with van der Waals surface area (Å²) in [5, 5.41) is 3.27. The molecule has 0 spiro atoms. The van der Waals surface area contributed by atoms with Gasteiger partial charge in [-0.05, 0) is 24.7 Å². The minimum atomic E-state index is -0.456. The Morgan fingerprint density at radius 3 is 3.05 bits per heavy atom. The molecule has 0 amide bonds. The van der Waals surface area contributed by atoms with Gasteiger partial charge in [-0.15, -0.1) is 0 Å². The molecule has 1 aliphatic carbocycles. The number of aromatic nitrogens is 2. The van der Waals surface area contributed by atoms with Crippen molar-refractivity contribution in [2.75, 3.05) is 19.0 Å². The molecule has 1 fully saturated rings. The lowest BCUT2D eigenvalue weighted by molar-refractivity contribution is 0.0593. The molecule has 0 bridgehead atoms. The Morgan fingerprint density at radius 1 is 1.47 bits per heavy atom. The van der Waals surface area contributed by atoms with Crippen molar-refractivity contribution in [3.63, 3.8) is 0 Å². The van der Waals surface area contributed by atoms with Crippen molar-refractivity contribution < 1.29 is 9.53 Å². The molecule has 1 heterocycles. The number of carbonyl (C=O) groups excluding carboxylic acids is 1. The molecule has 5 nitrogen and oxygen atoms in total. The molecule has 104 valence electrons. The molecular formula is C14H21N3O2. The van der Waals surface area contributed by atoms with E-state index in [1.807, 2.05) is 0 Å². The Kier molecular flexibility index (Phi) is 4.71. The third kappa shape index (κ3) is 3.91. The fourth-order valence-corrected chi connectivity index (χ4v) is 2.65. The minimum Gasteiger partial charge on any atom is -0.464 e. The van der Waals surface area contributed by atoms with Crippen LogP contribution < -0.4 is 5.32 Å². The number of anilines is 1. The van der Waals surface area contributed by atoms with E-state index < -0.39 is 5.97 Å². The summed E-state index contributed by atoms with van der Waals surface area (Å²) in [5.41, 5.74) is 0.240. The molecule has 0 saturated heterocycles. The second kappa shape index (κ2) is 6.50. The van der Waals surface area contributed by atoms with Gasteiger partial charge in [0.1, 0.15) is 5.82 Å². The minimum absolute atomic E-state index is 0.240. The summed E-state index contributed by atoms with van der Waals surface area (Å²) in [4.78, 5) is 19.6. The number of rotatable bonds is 4. The quantitative estimate of drug-likeness (QED) is 0.845. The van der Waals surface area contributed by atoms with Crippen LogP contribution in [0.1, 0.15) is 43.1 Å². The van der Waals surface area contributed by atoms with Crippen LogP contribution in [0.5, 0.6) is 0 Å². The molecule has 5 heteroatoms. The van der Waals surface area contributed by atoms with Gasteiger partial charge >= 0.3 is 5.97 Å². The third-order valence-electron chi connectivity index (χ3n) is 3.65. The van der Waals surface area contributed by atoms with Gasteiger partial charge in [-0.2, -0.15) is 0 Å². The summed E-state index contributed by atoms with van der Waals surface area (Å²) >= 11 is 0. The normalized spacial score (nSPS) is 22.8. The number of ether oxygens (including phenoxy) is 1. The molecule has 0 aromatic carbocycles. The zero-order chi connectivity index (χ0) is 13.7. The first-order valence-corrected chi connectivity index (χ1v) is 6.83. The van der Waals surface area contributed by atoms with Crippen molar-refractivity contribution in [1.82, 2.24) is 9.97 Å². The molecule has 19 heavy (non-hydrogen) atoms. The van der Waals surface area contributed by atoms with Crippen LogP contribution in [-0.2, 0) is 4.74 Å². The van der Waals surface area contributed by atoms with Crippen molar-refractivity contribution in [2.24, 2.45) is 11.8 Å². The highest BCUT2D eigenvalue weighted by Gasteiger charge is 2.18. The van der Waals surface area contributed by atoms with E-state index in [4.69, 9.17) is 0 Å². The molecule has 0 radical (unpaired) electrons. The topological polar surface area (TPSA) is 64.1 Å². The number of nitrogens with one attached hydrogen (secondary N) is 1. The Bertz CT molecular complexity index is 436. The molecule has 2 atom stereocenters. The standard InChI is InChI=1S/C14H21N3O2/c1-10-4-3-5-11(6-10)7-16-13-9-15-8-12(17-13)14(18)19-2/h8-11H,3-7H2,1-2H3,(H,16,17). The first kappa shape index (κ1) is 13.8. The zero-order valence-electron chi connectivity index (χ0n) is 11.6. The summed E-state index contributed by atoms with van der Waals surface area (Å²) in [6.07, 6.45) is 8.23. The lowest BCUT2D eigenvalue weighted by Gasteiger charge is -2.26. The van der Waals surface area contributed by atoms with Crippen molar-refractivity contribution in [1.29, 1.82) is 0 Å². The van der Waals surface area contributed by atoms with Crippen LogP contribution >= 0.6 is 0 Å². The molecular weight excluding hydrogens is 242 g/mol. The van der Waals surface area contributed by atoms with Crippen LogP contribution in [0.2, 0.25) is 0 Å². The van der Waals surface area contributed by atoms with Crippen molar-refractivity contribution in [2.45, 2.75) is 32.6 Å². The summed E-state index contributed by atoms with van der Waals surface area (Å²) in [6, 6.07) is 0. The van der Waals surface area contributed by atoms with E-state index in [-0.39, 0.29) is 5.69 Å². The van der Waals surface area contributed by atoms with Gasteiger partial charge < -0.3 is 10.1 Å². The average Bonchev–Trinajstić information content (AvgIpc) is 2.45. The number of esters is 1. The van der Waals surface area contributed by atoms with Crippen LogP contribution in [-0.4, -0.2) is 29.6 Å². The monoisotopic (exact) mass is 263 g/mol. The van der Waals surface area contributed by atoms with Crippen molar-refractivity contribution in [3.05, 3.63) is 18.1 Å². The average molecular weight is 263 g/mol. The number of hydrogen-bond acceptors (Lipinski definition) is 5. The summed E-state index contributed by atoms with van der Waals surface area (Å²) in [5.74, 6) is 1.68. The van der Waals surface area contributed by atoms with E-state index in [1.165, 1.54) is 39.0 Å². The molecule has 1 aromatic rings. The second-order valence-electron chi connectivity index (χ2n) is 5.30. The zero-order valence-corrected chi connectivity index (χ0v) is 11.6. The largest absolute Gasteiger partial charge is 0.464 e. The van der Waals surface area contributed by atoms with E-state index in [0.717, 1.165) is 12.5 Å². The lowest BCUT2D eigenvalue weighted by atomic mass is 9.82. The Balaban J connectivity index is 1.90. The van der Waals surface area contributed by atoms with Crippen molar-refractivity contribution >= 4 is 11.8 Å². The first-order valence-electron chi connectivity index (χ1n) is 6.83. The molecule has 1 aromatic heterocycles. The Morgan fingerprint density at radius 2 is 2.32 bits per heavy atom. The highest BCUT2D eigenvalue weighted by Crippen LogP contribution is 2.28. The summed E-state index contributed by atoms with van der Waals surface area (Å²) in [7, 11) is 1.34. The van der Waals surface area contributed by atoms with Gasteiger partial charge in [-0.1, -0.05) is 19.8 Å². The van der Waals surface area contributed by atoms with Crippen LogP contribution in [0, 0.1) is 11.8 Å². The van der Waals surface area contributed by atoms with Gasteiger partial charge in [-0.25, -0.2) is 9.78 Å². The van der Waals surface area contributed by atoms with E-state index in [1.54, 1.807) is 6.20 Å². The fourth-order valence-electron chi connectivity index (χ4n) is 2.65. The van der Waals surface area contributed by atoms with Crippen LogP contribution in [0.3, 0.4) is 0 Å². The SMILES string of the molecule is COC(=O)c1cncc(NCC2CCCC(C)C2)n1. The van der Waals surface area contributed by atoms with Gasteiger partial charge in [0.2, 0.25) is 0 Å². The van der Waals surface area contributed by atoms with Crippen LogP contribution in [0.15, 0.2) is 12.4 Å². The molecule has 1 N–H and O–H groups in total. The van der Waals surface area contributed by atoms with E-state index in [2.05, 4.69) is 26.9 Å². The maximum Gasteiger partial charge on any atom is 0.358 e. The van der Waals surface area contributed by atoms with E-state index in [9.17, 15) is 4.79 Å². The molecule has 1 saturated carbocycles. The Labute approximate surface area is 113 Å². The molecule has 2 rings (SSSR count). The van der Waals surface area contributed by atoms with E-state index in [0.29, 0.717) is 11.7 Å². The highest BCUT2D eigenvalue weighted by molar-refractivity contribution is 5.87.